The molecule has 0 aromatic heterocycles. The second-order valence-corrected chi connectivity index (χ2v) is 13.8. The molecular weight excluding hydrogens is 268 g/mol. The molecule has 0 aliphatic rings. The van der Waals surface area contributed by atoms with Crippen LogP contribution in [0.4, 0.5) is 4.79 Å². The van der Waals surface area contributed by atoms with E-state index in [9.17, 15) is 4.79 Å². The van der Waals surface area contributed by atoms with E-state index in [1.165, 1.54) is 0 Å². The number of hydrogen-bond donors (Lipinski definition) is 1. The summed E-state index contributed by atoms with van der Waals surface area (Å²) in [5.41, 5.74) is 6.32. The minimum atomic E-state index is -1.14. The Balaban J connectivity index is 3.91. The van der Waals surface area contributed by atoms with Gasteiger partial charge in [-0.15, -0.1) is 0 Å². The van der Waals surface area contributed by atoms with E-state index in [2.05, 4.69) is 40.4 Å². The third-order valence-electron chi connectivity index (χ3n) is 3.10. The SMILES string of the molecule is CN(CCC(N)CC(C)(C)C)C(=O)OCC[Si](C)(C)C. The third kappa shape index (κ3) is 11.3. The monoisotopic (exact) mass is 302 g/mol. The topological polar surface area (TPSA) is 55.6 Å². The average molecular weight is 303 g/mol. The first kappa shape index (κ1) is 19.4. The Morgan fingerprint density at radius 1 is 1.30 bits per heavy atom. The van der Waals surface area contributed by atoms with Gasteiger partial charge in [0.15, 0.2) is 0 Å². The normalized spacial score (nSPS) is 14.0. The number of carbonyl (C=O) groups is 1. The smallest absolute Gasteiger partial charge is 0.409 e. The summed E-state index contributed by atoms with van der Waals surface area (Å²) in [7, 11) is 0.641. The molecule has 1 atom stereocenters. The van der Waals surface area contributed by atoms with Gasteiger partial charge >= 0.3 is 6.09 Å². The van der Waals surface area contributed by atoms with Gasteiger partial charge in [-0.2, -0.15) is 0 Å². The second-order valence-electron chi connectivity index (χ2n) is 8.16. The van der Waals surface area contributed by atoms with Gasteiger partial charge in [0.05, 0.1) is 6.61 Å². The molecule has 5 heteroatoms. The van der Waals surface area contributed by atoms with Gasteiger partial charge in [-0.3, -0.25) is 0 Å². The maximum atomic E-state index is 11.8. The van der Waals surface area contributed by atoms with Crippen LogP contribution >= 0.6 is 0 Å². The second kappa shape index (κ2) is 8.03. The van der Waals surface area contributed by atoms with Gasteiger partial charge in [-0.05, 0) is 24.3 Å². The number of amides is 1. The number of nitrogens with two attached hydrogens (primary N) is 1. The Morgan fingerprint density at radius 3 is 2.30 bits per heavy atom. The average Bonchev–Trinajstić information content (AvgIpc) is 2.21. The van der Waals surface area contributed by atoms with Crippen LogP contribution in [0.15, 0.2) is 0 Å². The largest absolute Gasteiger partial charge is 0.450 e. The molecule has 0 aliphatic heterocycles. The standard InChI is InChI=1S/C15H34N2O2Si/c1-15(2,3)12-13(16)8-9-17(4)14(18)19-10-11-20(5,6)7/h13H,8-12,16H2,1-7H3. The van der Waals surface area contributed by atoms with Crippen molar-refractivity contribution in [1.29, 1.82) is 0 Å². The molecule has 20 heavy (non-hydrogen) atoms. The third-order valence-corrected chi connectivity index (χ3v) is 4.80. The molecule has 0 radical (unpaired) electrons. The first-order valence-electron chi connectivity index (χ1n) is 7.54. The zero-order valence-corrected chi connectivity index (χ0v) is 15.5. The van der Waals surface area contributed by atoms with E-state index in [-0.39, 0.29) is 17.6 Å². The number of nitrogens with zero attached hydrogens (tertiary/aromatic N) is 1. The minimum Gasteiger partial charge on any atom is -0.450 e. The Bertz CT molecular complexity index is 295. The van der Waals surface area contributed by atoms with Crippen LogP contribution in [0.25, 0.3) is 0 Å². The highest BCUT2D eigenvalue weighted by atomic mass is 28.3. The predicted octanol–water partition coefficient (Wildman–Crippen LogP) is 3.55. The highest BCUT2D eigenvalue weighted by molar-refractivity contribution is 6.76. The van der Waals surface area contributed by atoms with Crippen molar-refractivity contribution in [1.82, 2.24) is 4.90 Å². The summed E-state index contributed by atoms with van der Waals surface area (Å²) in [5, 5.41) is 0. The van der Waals surface area contributed by atoms with Gasteiger partial charge in [0.2, 0.25) is 0 Å². The van der Waals surface area contributed by atoms with E-state index in [1.54, 1.807) is 11.9 Å². The van der Waals surface area contributed by atoms with Crippen LogP contribution < -0.4 is 5.73 Å². The molecule has 0 fully saturated rings. The quantitative estimate of drug-likeness (QED) is 0.732. The van der Waals surface area contributed by atoms with Crippen LogP contribution in [0.2, 0.25) is 25.7 Å². The van der Waals surface area contributed by atoms with Crippen molar-refractivity contribution in [3.63, 3.8) is 0 Å². The molecule has 0 heterocycles. The Morgan fingerprint density at radius 2 is 1.85 bits per heavy atom. The maximum Gasteiger partial charge on any atom is 0.409 e. The van der Waals surface area contributed by atoms with E-state index >= 15 is 0 Å². The van der Waals surface area contributed by atoms with E-state index in [0.29, 0.717) is 13.2 Å². The lowest BCUT2D eigenvalue weighted by molar-refractivity contribution is 0.114. The van der Waals surface area contributed by atoms with Crippen LogP contribution in [-0.4, -0.2) is 45.3 Å². The lowest BCUT2D eigenvalue weighted by Gasteiger charge is -2.25. The first-order chi connectivity index (χ1) is 8.91. The molecule has 4 nitrogen and oxygen atoms in total. The van der Waals surface area contributed by atoms with Gasteiger partial charge in [-0.1, -0.05) is 40.4 Å². The predicted molar refractivity (Wildman–Crippen MR) is 88.8 cm³/mol. The fourth-order valence-corrected chi connectivity index (χ4v) is 2.61. The molecule has 1 unspecified atom stereocenters. The Labute approximate surface area is 126 Å². The summed E-state index contributed by atoms with van der Waals surface area (Å²) in [6, 6.07) is 1.14. The van der Waals surface area contributed by atoms with E-state index in [4.69, 9.17) is 10.5 Å². The summed E-state index contributed by atoms with van der Waals surface area (Å²) in [6.45, 7) is 14.6. The molecule has 0 aromatic carbocycles. The molecular formula is C15H34N2O2Si. The molecule has 120 valence electrons. The highest BCUT2D eigenvalue weighted by Crippen LogP contribution is 2.21. The van der Waals surface area contributed by atoms with Crippen molar-refractivity contribution in [3.8, 4) is 0 Å². The number of carbonyl (C=O) groups excluding carboxylic acids is 1. The Kier molecular flexibility index (Phi) is 7.81. The lowest BCUT2D eigenvalue weighted by atomic mass is 9.87. The summed E-state index contributed by atoms with van der Waals surface area (Å²) in [6.07, 6.45) is 1.55. The van der Waals surface area contributed by atoms with Crippen LogP contribution in [-0.2, 0) is 4.74 Å². The van der Waals surface area contributed by atoms with Gasteiger partial charge in [0, 0.05) is 27.7 Å². The van der Waals surface area contributed by atoms with Crippen molar-refractivity contribution in [2.75, 3.05) is 20.2 Å². The summed E-state index contributed by atoms with van der Waals surface area (Å²) in [5.74, 6) is 0. The summed E-state index contributed by atoms with van der Waals surface area (Å²) in [4.78, 5) is 13.4. The van der Waals surface area contributed by atoms with Crippen LogP contribution in [0.5, 0.6) is 0 Å². The van der Waals surface area contributed by atoms with E-state index in [1.807, 2.05) is 0 Å². The van der Waals surface area contributed by atoms with E-state index < -0.39 is 8.07 Å². The molecule has 0 aliphatic carbocycles. The summed E-state index contributed by atoms with van der Waals surface area (Å²) >= 11 is 0. The Hall–Kier alpha value is -0.553. The summed E-state index contributed by atoms with van der Waals surface area (Å²) < 4.78 is 5.29. The zero-order chi connectivity index (χ0) is 16.0. The van der Waals surface area contributed by atoms with Crippen molar-refractivity contribution in [2.24, 2.45) is 11.1 Å². The molecule has 1 amide bonds. The first-order valence-corrected chi connectivity index (χ1v) is 11.2. The molecule has 0 aromatic rings. The molecule has 0 bridgehead atoms. The zero-order valence-electron chi connectivity index (χ0n) is 14.5. The van der Waals surface area contributed by atoms with Crippen LogP contribution in [0.1, 0.15) is 33.6 Å². The fraction of sp³-hybridized carbons (Fsp3) is 0.933. The van der Waals surface area contributed by atoms with Crippen LogP contribution in [0.3, 0.4) is 0 Å². The molecule has 0 saturated heterocycles. The molecule has 0 spiro atoms. The van der Waals surface area contributed by atoms with E-state index in [0.717, 1.165) is 18.9 Å². The maximum absolute atomic E-state index is 11.8. The van der Waals surface area contributed by atoms with Crippen molar-refractivity contribution in [3.05, 3.63) is 0 Å². The number of rotatable bonds is 7. The number of ether oxygens (including phenoxy) is 1. The van der Waals surface area contributed by atoms with Gasteiger partial charge in [0.1, 0.15) is 0 Å². The van der Waals surface area contributed by atoms with Crippen molar-refractivity contribution >= 4 is 14.2 Å². The molecule has 2 N–H and O–H groups in total. The lowest BCUT2D eigenvalue weighted by Crippen LogP contribution is -2.35. The van der Waals surface area contributed by atoms with Gasteiger partial charge in [0.25, 0.3) is 0 Å². The highest BCUT2D eigenvalue weighted by Gasteiger charge is 2.18. The van der Waals surface area contributed by atoms with Crippen molar-refractivity contribution < 1.29 is 9.53 Å². The van der Waals surface area contributed by atoms with Gasteiger partial charge < -0.3 is 15.4 Å². The van der Waals surface area contributed by atoms with Crippen molar-refractivity contribution in [2.45, 2.75) is 65.3 Å². The molecule has 0 rings (SSSR count). The number of hydrogen-bond acceptors (Lipinski definition) is 3. The molecule has 0 saturated carbocycles. The van der Waals surface area contributed by atoms with Gasteiger partial charge in [-0.25, -0.2) is 4.79 Å². The fourth-order valence-electron chi connectivity index (χ4n) is 1.89. The minimum absolute atomic E-state index is 0.132. The van der Waals surface area contributed by atoms with Crippen LogP contribution in [0, 0.1) is 5.41 Å².